The van der Waals surface area contributed by atoms with Crippen LogP contribution in [0.3, 0.4) is 0 Å². The summed E-state index contributed by atoms with van der Waals surface area (Å²) >= 11 is 26.4. The molecule has 0 atom stereocenters. The van der Waals surface area contributed by atoms with Crippen molar-refractivity contribution in [1.29, 1.82) is 0 Å². The van der Waals surface area contributed by atoms with E-state index in [1.165, 1.54) is 22.9 Å². The Bertz CT molecular complexity index is 2540. The average molecular weight is 829 g/mol. The molecule has 0 radical (unpaired) electrons. The molecule has 2 aromatic heterocycles. The fourth-order valence-electron chi connectivity index (χ4n) is 5.01. The summed E-state index contributed by atoms with van der Waals surface area (Å²) in [5.41, 5.74) is 12.2. The van der Waals surface area contributed by atoms with E-state index in [4.69, 9.17) is 52.1 Å². The minimum absolute atomic E-state index is 0.387. The zero-order chi connectivity index (χ0) is 38.0. The van der Waals surface area contributed by atoms with Crippen molar-refractivity contribution < 1.29 is 9.59 Å². The van der Waals surface area contributed by atoms with Gasteiger partial charge in [0.15, 0.2) is 0 Å². The number of para-hydroxylation sites is 4. The molecule has 8 aromatic rings. The summed E-state index contributed by atoms with van der Waals surface area (Å²) in [5.74, 6) is 0. The van der Waals surface area contributed by atoms with Gasteiger partial charge >= 0.3 is 6.03 Å². The highest BCUT2D eigenvalue weighted by atomic mass is 35.5. The van der Waals surface area contributed by atoms with Gasteiger partial charge < -0.3 is 16.4 Å². The van der Waals surface area contributed by atoms with Crippen molar-refractivity contribution in [3.8, 4) is 21.1 Å². The topological polar surface area (TPSA) is 122 Å². The number of aliphatic imine (C=N–C) groups is 1. The van der Waals surface area contributed by atoms with E-state index in [1.807, 2.05) is 91.0 Å². The molecule has 2 heterocycles. The van der Waals surface area contributed by atoms with Crippen molar-refractivity contribution in [3.05, 3.63) is 154 Å². The van der Waals surface area contributed by atoms with Gasteiger partial charge in [-0.15, -0.1) is 22.7 Å². The van der Waals surface area contributed by atoms with Crippen LogP contribution in [-0.2, 0) is 4.79 Å². The Hall–Kier alpha value is -5.29. The van der Waals surface area contributed by atoms with Gasteiger partial charge in [0.05, 0.1) is 31.8 Å². The summed E-state index contributed by atoms with van der Waals surface area (Å²) in [4.78, 5) is 34.9. The number of nitrogens with two attached hydrogens (primary N) is 1. The van der Waals surface area contributed by atoms with E-state index in [9.17, 15) is 9.59 Å². The first kappa shape index (κ1) is 38.4. The molecule has 8 nitrogen and oxygen atoms in total. The van der Waals surface area contributed by atoms with E-state index in [0.29, 0.717) is 37.2 Å². The van der Waals surface area contributed by atoms with Crippen molar-refractivity contribution in [1.82, 2.24) is 9.97 Å². The number of anilines is 3. The van der Waals surface area contributed by atoms with Crippen molar-refractivity contribution in [3.63, 3.8) is 0 Å². The van der Waals surface area contributed by atoms with Gasteiger partial charge in [0.1, 0.15) is 10.0 Å². The number of benzene rings is 6. The minimum Gasteiger partial charge on any atom is -0.398 e. The van der Waals surface area contributed by atoms with Crippen LogP contribution in [0.25, 0.3) is 41.6 Å². The minimum atomic E-state index is -0.387. The van der Waals surface area contributed by atoms with Crippen molar-refractivity contribution in [2.75, 3.05) is 16.4 Å². The third-order valence-electron chi connectivity index (χ3n) is 7.33. The summed E-state index contributed by atoms with van der Waals surface area (Å²) < 4.78 is 2.29. The van der Waals surface area contributed by atoms with Crippen molar-refractivity contribution in [2.24, 2.45) is 4.99 Å². The number of amides is 2. The summed E-state index contributed by atoms with van der Waals surface area (Å²) in [6, 6.07) is 40.6. The largest absolute Gasteiger partial charge is 0.398 e. The molecule has 14 heteroatoms. The second-order valence-electron chi connectivity index (χ2n) is 11.2. The monoisotopic (exact) mass is 826 g/mol. The number of carbonyl (C=O) groups is 1. The summed E-state index contributed by atoms with van der Waals surface area (Å²) in [6.45, 7) is 0. The molecule has 0 fully saturated rings. The Kier molecular flexibility index (Phi) is 12.9. The van der Waals surface area contributed by atoms with Crippen LogP contribution in [0.4, 0.5) is 27.5 Å². The van der Waals surface area contributed by atoms with Crippen molar-refractivity contribution in [2.45, 2.75) is 0 Å². The number of nitrogen functional groups attached to an aromatic ring is 1. The molecule has 4 N–H and O–H groups in total. The maximum atomic E-state index is 12.4. The molecular weight excluding hydrogens is 802 g/mol. The normalized spacial score (nSPS) is 10.4. The number of urea groups is 1. The SMILES string of the molecule is Nc1ccccc1-c1nc2ccccc2s1.O=C(Nc1cc(Cl)cc(Cl)c1)Nc1ccccc1-c1nc2ccccc2s1.O=C=Nc1cc(Cl)cc(Cl)c1. The quantitative estimate of drug-likeness (QED) is 0.0906. The first-order chi connectivity index (χ1) is 26.1. The smallest absolute Gasteiger partial charge is 0.323 e. The molecule has 0 saturated heterocycles. The molecule has 8 rings (SSSR count). The molecule has 0 aliphatic heterocycles. The lowest BCUT2D eigenvalue weighted by atomic mass is 10.2. The van der Waals surface area contributed by atoms with Gasteiger partial charge in [-0.2, -0.15) is 4.99 Å². The van der Waals surface area contributed by atoms with Gasteiger partial charge in [-0.1, -0.05) is 94.9 Å². The molecule has 0 bridgehead atoms. The van der Waals surface area contributed by atoms with Crippen molar-refractivity contribution >= 4 is 124 Å². The van der Waals surface area contributed by atoms with Crippen LogP contribution in [0.15, 0.2) is 138 Å². The number of thiazole rings is 2. The van der Waals surface area contributed by atoms with E-state index in [2.05, 4.69) is 31.7 Å². The van der Waals surface area contributed by atoms with E-state index in [0.717, 1.165) is 42.6 Å². The molecule has 6 aromatic carbocycles. The molecule has 54 heavy (non-hydrogen) atoms. The molecule has 0 unspecified atom stereocenters. The number of hydrogen-bond donors (Lipinski definition) is 3. The summed E-state index contributed by atoms with van der Waals surface area (Å²) in [6.07, 6.45) is 1.40. The van der Waals surface area contributed by atoms with Crippen LogP contribution >= 0.6 is 69.1 Å². The van der Waals surface area contributed by atoms with Crippen LogP contribution in [0.5, 0.6) is 0 Å². The van der Waals surface area contributed by atoms with E-state index in [-0.39, 0.29) is 6.03 Å². The zero-order valence-electron chi connectivity index (χ0n) is 27.8. The van der Waals surface area contributed by atoms with Gasteiger partial charge in [0, 0.05) is 42.6 Å². The molecule has 268 valence electrons. The maximum absolute atomic E-state index is 12.4. The number of rotatable bonds is 5. The number of halogens is 4. The molecule has 0 aliphatic rings. The van der Waals surface area contributed by atoms with Gasteiger partial charge in [0.25, 0.3) is 0 Å². The summed E-state index contributed by atoms with van der Waals surface area (Å²) in [5, 5.41) is 9.25. The van der Waals surface area contributed by atoms with Crippen LogP contribution in [-0.4, -0.2) is 22.1 Å². The van der Waals surface area contributed by atoms with Crippen LogP contribution < -0.4 is 16.4 Å². The van der Waals surface area contributed by atoms with Crippen LogP contribution in [0.2, 0.25) is 20.1 Å². The molecule has 0 saturated carbocycles. The molecule has 0 spiro atoms. The van der Waals surface area contributed by atoms with Gasteiger partial charge in [-0.3, -0.25) is 0 Å². The van der Waals surface area contributed by atoms with Gasteiger partial charge in [-0.05, 0) is 84.9 Å². The maximum Gasteiger partial charge on any atom is 0.323 e. The molecule has 2 amide bonds. The van der Waals surface area contributed by atoms with Gasteiger partial charge in [-0.25, -0.2) is 19.6 Å². The molecule has 0 aliphatic carbocycles. The Morgan fingerprint density at radius 1 is 0.611 bits per heavy atom. The lowest BCUT2D eigenvalue weighted by Crippen LogP contribution is -2.19. The average Bonchev–Trinajstić information content (AvgIpc) is 3.77. The molecular formula is C40H26Cl4N6O2S2. The highest BCUT2D eigenvalue weighted by Crippen LogP contribution is 2.35. The second-order valence-corrected chi connectivity index (χ2v) is 15.0. The fourth-order valence-corrected chi connectivity index (χ4v) is 8.07. The highest BCUT2D eigenvalue weighted by molar-refractivity contribution is 7.22. The first-order valence-corrected chi connectivity index (χ1v) is 19.0. The number of aromatic nitrogens is 2. The van der Waals surface area contributed by atoms with Crippen LogP contribution in [0.1, 0.15) is 0 Å². The third kappa shape index (κ3) is 10.2. The predicted octanol–water partition coefficient (Wildman–Crippen LogP) is 13.4. The third-order valence-corrected chi connectivity index (χ3v) is 10.3. The number of carbonyl (C=O) groups excluding carboxylic acids is 2. The lowest BCUT2D eigenvalue weighted by molar-refractivity contribution is 0.262. The standard InChI is InChI=1S/C20H13Cl2N3OS.C13H10N2S.C7H3Cl2NO/c21-12-9-13(22)11-14(10-12)23-20(26)25-16-6-2-1-5-15(16)19-24-17-7-3-4-8-18(17)27-19;14-10-6-2-1-5-9(10)13-15-11-7-3-4-8-12(11)16-13;8-5-1-6(9)3-7(2-5)10-4-11/h1-11H,(H2,23,25,26);1-8H,14H2;1-3H. The number of hydrogen-bond acceptors (Lipinski definition) is 8. The van der Waals surface area contributed by atoms with Crippen LogP contribution in [0, 0.1) is 0 Å². The Labute approximate surface area is 337 Å². The lowest BCUT2D eigenvalue weighted by Gasteiger charge is -2.11. The predicted molar refractivity (Wildman–Crippen MR) is 228 cm³/mol. The number of nitrogens with one attached hydrogen (secondary N) is 2. The number of nitrogens with zero attached hydrogens (tertiary/aromatic N) is 3. The Morgan fingerprint density at radius 3 is 1.65 bits per heavy atom. The number of fused-ring (bicyclic) bond motifs is 2. The van der Waals surface area contributed by atoms with E-state index in [1.54, 1.807) is 46.9 Å². The highest BCUT2D eigenvalue weighted by Gasteiger charge is 2.13. The second kappa shape index (κ2) is 18.2. The number of isocyanates is 1. The zero-order valence-corrected chi connectivity index (χ0v) is 32.4. The Morgan fingerprint density at radius 2 is 1.09 bits per heavy atom. The van der Waals surface area contributed by atoms with Gasteiger partial charge in [0.2, 0.25) is 6.08 Å². The van der Waals surface area contributed by atoms with E-state index < -0.39 is 0 Å². The van der Waals surface area contributed by atoms with E-state index >= 15 is 0 Å². The summed E-state index contributed by atoms with van der Waals surface area (Å²) in [7, 11) is 0. The fraction of sp³-hybridized carbons (Fsp3) is 0. The Balaban J connectivity index is 0.000000155. The first-order valence-electron chi connectivity index (χ1n) is 15.9.